The van der Waals surface area contributed by atoms with Crippen LogP contribution in [0.15, 0.2) is 17.5 Å². The Labute approximate surface area is 113 Å². The van der Waals surface area contributed by atoms with Gasteiger partial charge in [0, 0.05) is 19.1 Å². The Kier molecular flexibility index (Phi) is 3.87. The molecule has 0 radical (unpaired) electrons. The SMILES string of the molecule is CC1CN(C(=O)c2cccs2)CC(C(F)(F)F)N1C. The highest BCUT2D eigenvalue weighted by molar-refractivity contribution is 7.12. The van der Waals surface area contributed by atoms with E-state index in [0.717, 1.165) is 0 Å². The van der Waals surface area contributed by atoms with E-state index in [2.05, 4.69) is 0 Å². The van der Waals surface area contributed by atoms with Gasteiger partial charge < -0.3 is 4.90 Å². The zero-order chi connectivity index (χ0) is 14.2. The topological polar surface area (TPSA) is 23.6 Å². The number of carbonyl (C=O) groups is 1. The molecule has 2 unspecified atom stereocenters. The van der Waals surface area contributed by atoms with Crippen LogP contribution in [0.1, 0.15) is 16.6 Å². The number of hydrogen-bond acceptors (Lipinski definition) is 3. The molecule has 0 N–H and O–H groups in total. The number of alkyl halides is 3. The quantitative estimate of drug-likeness (QED) is 0.794. The molecule has 19 heavy (non-hydrogen) atoms. The number of amides is 1. The molecular weight excluding hydrogens is 277 g/mol. The van der Waals surface area contributed by atoms with Crippen molar-refractivity contribution in [3.05, 3.63) is 22.4 Å². The van der Waals surface area contributed by atoms with Gasteiger partial charge in [-0.3, -0.25) is 9.69 Å². The first-order valence-electron chi connectivity index (χ1n) is 5.92. The van der Waals surface area contributed by atoms with Crippen molar-refractivity contribution in [1.29, 1.82) is 0 Å². The first-order chi connectivity index (χ1) is 8.80. The highest BCUT2D eigenvalue weighted by atomic mass is 32.1. The summed E-state index contributed by atoms with van der Waals surface area (Å²) in [5.41, 5.74) is 0. The van der Waals surface area contributed by atoms with Crippen molar-refractivity contribution in [2.45, 2.75) is 25.2 Å². The molecule has 2 rings (SSSR count). The Morgan fingerprint density at radius 1 is 1.42 bits per heavy atom. The summed E-state index contributed by atoms with van der Waals surface area (Å²) in [4.78, 5) is 15.2. The molecule has 1 aliphatic rings. The molecule has 0 bridgehead atoms. The number of likely N-dealkylation sites (N-methyl/N-ethyl adjacent to an activating group) is 1. The van der Waals surface area contributed by atoms with Crippen molar-refractivity contribution in [3.8, 4) is 0 Å². The van der Waals surface area contributed by atoms with E-state index in [4.69, 9.17) is 0 Å². The van der Waals surface area contributed by atoms with E-state index in [0.29, 0.717) is 11.4 Å². The van der Waals surface area contributed by atoms with Crippen LogP contribution in [-0.4, -0.2) is 54.1 Å². The van der Waals surface area contributed by atoms with E-state index in [9.17, 15) is 18.0 Å². The molecule has 0 aliphatic carbocycles. The van der Waals surface area contributed by atoms with Crippen LogP contribution < -0.4 is 0 Å². The fourth-order valence-corrected chi connectivity index (χ4v) is 2.91. The molecule has 7 heteroatoms. The Morgan fingerprint density at radius 2 is 2.11 bits per heavy atom. The number of nitrogens with zero attached hydrogens (tertiary/aromatic N) is 2. The minimum Gasteiger partial charge on any atom is -0.334 e. The third-order valence-electron chi connectivity index (χ3n) is 3.46. The predicted molar refractivity (Wildman–Crippen MR) is 67.3 cm³/mol. The van der Waals surface area contributed by atoms with Crippen LogP contribution in [0.2, 0.25) is 0 Å². The molecule has 1 aromatic heterocycles. The van der Waals surface area contributed by atoms with Crippen molar-refractivity contribution in [2.24, 2.45) is 0 Å². The molecule has 3 nitrogen and oxygen atoms in total. The molecule has 1 fully saturated rings. The van der Waals surface area contributed by atoms with Gasteiger partial charge >= 0.3 is 6.18 Å². The van der Waals surface area contributed by atoms with Crippen LogP contribution >= 0.6 is 11.3 Å². The summed E-state index contributed by atoms with van der Waals surface area (Å²) in [5, 5.41) is 1.74. The number of hydrogen-bond donors (Lipinski definition) is 0. The number of carbonyl (C=O) groups excluding carboxylic acids is 1. The van der Waals surface area contributed by atoms with Gasteiger partial charge in [0.1, 0.15) is 6.04 Å². The van der Waals surface area contributed by atoms with Gasteiger partial charge in [-0.1, -0.05) is 6.07 Å². The monoisotopic (exact) mass is 292 g/mol. The minimum absolute atomic E-state index is 0.304. The molecule has 106 valence electrons. The standard InChI is InChI=1S/C12H15F3N2OS/c1-8-6-17(11(18)9-4-3-5-19-9)7-10(16(8)2)12(13,14)15/h3-5,8,10H,6-7H2,1-2H3. The molecule has 0 spiro atoms. The van der Waals surface area contributed by atoms with Crippen molar-refractivity contribution >= 4 is 17.2 Å². The third-order valence-corrected chi connectivity index (χ3v) is 4.32. The van der Waals surface area contributed by atoms with E-state index >= 15 is 0 Å². The molecule has 1 amide bonds. The van der Waals surface area contributed by atoms with E-state index in [-0.39, 0.29) is 18.5 Å². The normalized spacial score (nSPS) is 25.6. The van der Waals surface area contributed by atoms with E-state index in [1.54, 1.807) is 24.4 Å². The number of thiophene rings is 1. The molecule has 2 atom stereocenters. The lowest BCUT2D eigenvalue weighted by molar-refractivity contribution is -0.196. The van der Waals surface area contributed by atoms with Crippen molar-refractivity contribution < 1.29 is 18.0 Å². The number of rotatable bonds is 1. The fourth-order valence-electron chi connectivity index (χ4n) is 2.22. The van der Waals surface area contributed by atoms with Crippen LogP contribution in [0.3, 0.4) is 0 Å². The highest BCUT2D eigenvalue weighted by Crippen LogP contribution is 2.29. The third kappa shape index (κ3) is 2.92. The maximum Gasteiger partial charge on any atom is 0.405 e. The lowest BCUT2D eigenvalue weighted by Crippen LogP contribution is -2.62. The second kappa shape index (κ2) is 5.13. The summed E-state index contributed by atoms with van der Waals surface area (Å²) in [6.07, 6.45) is -4.32. The summed E-state index contributed by atoms with van der Waals surface area (Å²) < 4.78 is 38.9. The summed E-state index contributed by atoms with van der Waals surface area (Å²) in [6.45, 7) is 1.72. The first-order valence-corrected chi connectivity index (χ1v) is 6.80. The smallest absolute Gasteiger partial charge is 0.334 e. The zero-order valence-corrected chi connectivity index (χ0v) is 11.5. The molecule has 2 heterocycles. The van der Waals surface area contributed by atoms with Crippen LogP contribution in [0.5, 0.6) is 0 Å². The number of piperazine rings is 1. The second-order valence-corrected chi connectivity index (χ2v) is 5.71. The average molecular weight is 292 g/mol. The van der Waals surface area contributed by atoms with Crippen molar-refractivity contribution in [1.82, 2.24) is 9.80 Å². The summed E-state index contributed by atoms with van der Waals surface area (Å²) in [5.74, 6) is -0.316. The first kappa shape index (κ1) is 14.3. The molecule has 1 aliphatic heterocycles. The summed E-state index contributed by atoms with van der Waals surface area (Å²) in [7, 11) is 1.45. The molecule has 0 saturated carbocycles. The van der Waals surface area contributed by atoms with Crippen molar-refractivity contribution in [3.63, 3.8) is 0 Å². The predicted octanol–water partition coefficient (Wildman–Crippen LogP) is 2.46. The summed E-state index contributed by atoms with van der Waals surface area (Å²) >= 11 is 1.25. The van der Waals surface area contributed by atoms with E-state index in [1.807, 2.05) is 0 Å². The van der Waals surface area contributed by atoms with Crippen LogP contribution in [0.25, 0.3) is 0 Å². The lowest BCUT2D eigenvalue weighted by atomic mass is 10.1. The zero-order valence-electron chi connectivity index (χ0n) is 10.6. The highest BCUT2D eigenvalue weighted by Gasteiger charge is 2.48. The summed E-state index contributed by atoms with van der Waals surface area (Å²) in [6, 6.07) is 1.45. The Balaban J connectivity index is 2.18. The Bertz CT molecular complexity index is 446. The van der Waals surface area contributed by atoms with Gasteiger partial charge in [-0.05, 0) is 25.4 Å². The minimum atomic E-state index is -4.32. The van der Waals surface area contributed by atoms with Gasteiger partial charge in [0.25, 0.3) is 5.91 Å². The van der Waals surface area contributed by atoms with Gasteiger partial charge in [-0.25, -0.2) is 0 Å². The second-order valence-electron chi connectivity index (χ2n) is 4.76. The van der Waals surface area contributed by atoms with Gasteiger partial charge in [0.05, 0.1) is 4.88 Å². The van der Waals surface area contributed by atoms with Crippen LogP contribution in [0.4, 0.5) is 13.2 Å². The van der Waals surface area contributed by atoms with E-state index in [1.165, 1.54) is 28.2 Å². The number of halogens is 3. The van der Waals surface area contributed by atoms with Gasteiger partial charge in [-0.15, -0.1) is 11.3 Å². The Morgan fingerprint density at radius 3 is 2.63 bits per heavy atom. The van der Waals surface area contributed by atoms with Gasteiger partial charge in [0.15, 0.2) is 0 Å². The molecule has 1 saturated heterocycles. The lowest BCUT2D eigenvalue weighted by Gasteiger charge is -2.44. The van der Waals surface area contributed by atoms with Gasteiger partial charge in [-0.2, -0.15) is 13.2 Å². The maximum atomic E-state index is 13.0. The van der Waals surface area contributed by atoms with Crippen LogP contribution in [-0.2, 0) is 0 Å². The molecule has 0 aromatic carbocycles. The average Bonchev–Trinajstić information content (AvgIpc) is 2.83. The molecular formula is C12H15F3N2OS. The van der Waals surface area contributed by atoms with Crippen LogP contribution in [0, 0.1) is 0 Å². The van der Waals surface area contributed by atoms with Crippen molar-refractivity contribution in [2.75, 3.05) is 20.1 Å². The Hall–Kier alpha value is -1.08. The maximum absolute atomic E-state index is 13.0. The fraction of sp³-hybridized carbons (Fsp3) is 0.583. The molecule has 1 aromatic rings. The van der Waals surface area contributed by atoms with Gasteiger partial charge in [0.2, 0.25) is 0 Å². The van der Waals surface area contributed by atoms with E-state index < -0.39 is 12.2 Å². The largest absolute Gasteiger partial charge is 0.405 e.